The van der Waals surface area contributed by atoms with Crippen molar-refractivity contribution in [3.8, 4) is 5.75 Å². The van der Waals surface area contributed by atoms with Crippen LogP contribution in [-0.4, -0.2) is 8.42 Å². The SMILES string of the molecule is Cc1cccc(COc2ccc(C)cc2S(=O)(=O)Cl)c1. The highest BCUT2D eigenvalue weighted by molar-refractivity contribution is 8.13. The highest BCUT2D eigenvalue weighted by Gasteiger charge is 2.17. The summed E-state index contributed by atoms with van der Waals surface area (Å²) in [4.78, 5) is 0.00631. The van der Waals surface area contributed by atoms with Crippen LogP contribution in [0.3, 0.4) is 0 Å². The molecule has 0 aliphatic carbocycles. The molecule has 20 heavy (non-hydrogen) atoms. The van der Waals surface area contributed by atoms with Gasteiger partial charge < -0.3 is 4.74 Å². The molecule has 0 spiro atoms. The van der Waals surface area contributed by atoms with Crippen LogP contribution in [0.2, 0.25) is 0 Å². The average Bonchev–Trinajstić information content (AvgIpc) is 2.36. The summed E-state index contributed by atoms with van der Waals surface area (Å²) in [6.45, 7) is 4.09. The quantitative estimate of drug-likeness (QED) is 0.807. The Balaban J connectivity index is 2.26. The van der Waals surface area contributed by atoms with E-state index in [4.69, 9.17) is 15.4 Å². The Kier molecular flexibility index (Phi) is 4.35. The lowest BCUT2D eigenvalue weighted by Gasteiger charge is -2.10. The maximum absolute atomic E-state index is 11.6. The fourth-order valence-electron chi connectivity index (χ4n) is 1.89. The molecule has 0 fully saturated rings. The normalized spacial score (nSPS) is 11.3. The summed E-state index contributed by atoms with van der Waals surface area (Å²) < 4.78 is 28.7. The smallest absolute Gasteiger partial charge is 0.264 e. The minimum atomic E-state index is -3.82. The second kappa shape index (κ2) is 5.85. The number of ether oxygens (including phenoxy) is 1. The Morgan fingerprint density at radius 1 is 1.05 bits per heavy atom. The molecule has 106 valence electrons. The molecule has 0 atom stereocenters. The maximum Gasteiger partial charge on any atom is 0.264 e. The number of rotatable bonds is 4. The third kappa shape index (κ3) is 3.74. The monoisotopic (exact) mass is 310 g/mol. The highest BCUT2D eigenvalue weighted by Crippen LogP contribution is 2.28. The van der Waals surface area contributed by atoms with Gasteiger partial charge in [0.2, 0.25) is 0 Å². The highest BCUT2D eigenvalue weighted by atomic mass is 35.7. The number of halogens is 1. The van der Waals surface area contributed by atoms with E-state index in [9.17, 15) is 8.42 Å². The molecule has 2 aromatic carbocycles. The molecule has 2 rings (SSSR count). The summed E-state index contributed by atoms with van der Waals surface area (Å²) in [5, 5.41) is 0. The Morgan fingerprint density at radius 3 is 2.40 bits per heavy atom. The van der Waals surface area contributed by atoms with Gasteiger partial charge in [0.15, 0.2) is 0 Å². The Labute approximate surface area is 123 Å². The van der Waals surface area contributed by atoms with Crippen molar-refractivity contribution in [3.63, 3.8) is 0 Å². The van der Waals surface area contributed by atoms with Gasteiger partial charge >= 0.3 is 0 Å². The lowest BCUT2D eigenvalue weighted by Crippen LogP contribution is -2.01. The van der Waals surface area contributed by atoms with E-state index in [-0.39, 0.29) is 10.6 Å². The van der Waals surface area contributed by atoms with Gasteiger partial charge in [-0.2, -0.15) is 0 Å². The molecule has 0 saturated heterocycles. The van der Waals surface area contributed by atoms with Crippen LogP contribution in [0.15, 0.2) is 47.4 Å². The van der Waals surface area contributed by atoms with Crippen LogP contribution in [-0.2, 0) is 15.7 Å². The van der Waals surface area contributed by atoms with Gasteiger partial charge in [0.1, 0.15) is 17.3 Å². The lowest BCUT2D eigenvalue weighted by atomic mass is 10.1. The van der Waals surface area contributed by atoms with Gasteiger partial charge in [0.05, 0.1) is 0 Å². The predicted molar refractivity (Wildman–Crippen MR) is 79.7 cm³/mol. The topological polar surface area (TPSA) is 43.4 Å². The van der Waals surface area contributed by atoms with Crippen molar-refractivity contribution in [2.75, 3.05) is 0 Å². The minimum absolute atomic E-state index is 0.00631. The molecule has 0 aliphatic heterocycles. The van der Waals surface area contributed by atoms with Crippen LogP contribution in [0.4, 0.5) is 0 Å². The molecule has 0 aliphatic rings. The summed E-state index contributed by atoms with van der Waals surface area (Å²) in [6.07, 6.45) is 0. The largest absolute Gasteiger partial charge is 0.487 e. The van der Waals surface area contributed by atoms with Gasteiger partial charge in [-0.1, -0.05) is 35.9 Å². The Morgan fingerprint density at radius 2 is 1.75 bits per heavy atom. The zero-order valence-corrected chi connectivity index (χ0v) is 12.8. The van der Waals surface area contributed by atoms with Gasteiger partial charge in [-0.05, 0) is 37.1 Å². The number of aryl methyl sites for hydroxylation is 2. The first-order valence-corrected chi connectivity index (χ1v) is 8.41. The molecule has 5 heteroatoms. The molecular formula is C15H15ClO3S. The molecular weight excluding hydrogens is 296 g/mol. The Hall–Kier alpha value is -1.52. The maximum atomic E-state index is 11.6. The molecule has 0 amide bonds. The minimum Gasteiger partial charge on any atom is -0.487 e. The van der Waals surface area contributed by atoms with E-state index in [0.29, 0.717) is 6.61 Å². The third-order valence-corrected chi connectivity index (χ3v) is 4.18. The van der Waals surface area contributed by atoms with Gasteiger partial charge in [-0.25, -0.2) is 8.42 Å². The summed E-state index contributed by atoms with van der Waals surface area (Å²) >= 11 is 0. The second-order valence-electron chi connectivity index (χ2n) is 4.67. The first-order chi connectivity index (χ1) is 9.36. The van der Waals surface area contributed by atoms with Gasteiger partial charge in [-0.3, -0.25) is 0 Å². The van der Waals surface area contributed by atoms with Crippen molar-refractivity contribution in [3.05, 3.63) is 59.2 Å². The van der Waals surface area contributed by atoms with Crippen LogP contribution in [0.1, 0.15) is 16.7 Å². The number of hydrogen-bond donors (Lipinski definition) is 0. The third-order valence-electron chi connectivity index (χ3n) is 2.84. The molecule has 0 saturated carbocycles. The van der Waals surface area contributed by atoms with Gasteiger partial charge in [0, 0.05) is 10.7 Å². The lowest BCUT2D eigenvalue weighted by molar-refractivity contribution is 0.298. The van der Waals surface area contributed by atoms with Crippen molar-refractivity contribution in [1.29, 1.82) is 0 Å². The first kappa shape index (κ1) is 14.9. The zero-order chi connectivity index (χ0) is 14.8. The van der Waals surface area contributed by atoms with Crippen LogP contribution < -0.4 is 4.74 Å². The summed E-state index contributed by atoms with van der Waals surface area (Å²) in [6, 6.07) is 12.8. The van der Waals surface area contributed by atoms with Gasteiger partial charge in [-0.15, -0.1) is 0 Å². The van der Waals surface area contributed by atoms with Crippen molar-refractivity contribution < 1.29 is 13.2 Å². The molecule has 0 heterocycles. The summed E-state index contributed by atoms with van der Waals surface area (Å²) in [7, 11) is 1.61. The van der Waals surface area contributed by atoms with Crippen LogP contribution in [0, 0.1) is 13.8 Å². The van der Waals surface area contributed by atoms with Crippen molar-refractivity contribution in [1.82, 2.24) is 0 Å². The standard InChI is InChI=1S/C15H15ClO3S/c1-11-4-3-5-13(8-11)10-19-14-7-6-12(2)9-15(14)20(16,17)18/h3-9H,10H2,1-2H3. The molecule has 0 radical (unpaired) electrons. The van der Waals surface area contributed by atoms with E-state index in [1.165, 1.54) is 6.07 Å². The van der Waals surface area contributed by atoms with Crippen LogP contribution in [0.5, 0.6) is 5.75 Å². The van der Waals surface area contributed by atoms with Crippen molar-refractivity contribution in [2.24, 2.45) is 0 Å². The number of benzene rings is 2. The molecule has 0 N–H and O–H groups in total. The van der Waals surface area contributed by atoms with E-state index in [2.05, 4.69) is 0 Å². The van der Waals surface area contributed by atoms with Crippen LogP contribution >= 0.6 is 10.7 Å². The molecule has 0 aromatic heterocycles. The van der Waals surface area contributed by atoms with Crippen LogP contribution in [0.25, 0.3) is 0 Å². The first-order valence-electron chi connectivity index (χ1n) is 6.10. The van der Waals surface area contributed by atoms with E-state index in [1.807, 2.05) is 31.2 Å². The fourth-order valence-corrected chi connectivity index (χ4v) is 2.94. The average molecular weight is 311 g/mol. The predicted octanol–water partition coefficient (Wildman–Crippen LogP) is 3.81. The van der Waals surface area contributed by atoms with E-state index < -0.39 is 9.05 Å². The van der Waals surface area contributed by atoms with Gasteiger partial charge in [0.25, 0.3) is 9.05 Å². The fraction of sp³-hybridized carbons (Fsp3) is 0.200. The summed E-state index contributed by atoms with van der Waals surface area (Å²) in [5.41, 5.74) is 2.91. The number of hydrogen-bond acceptors (Lipinski definition) is 3. The Bertz CT molecular complexity index is 724. The summed E-state index contributed by atoms with van der Waals surface area (Å²) in [5.74, 6) is 0.270. The molecule has 3 nitrogen and oxygen atoms in total. The zero-order valence-electron chi connectivity index (χ0n) is 11.3. The molecule has 0 unspecified atom stereocenters. The van der Waals surface area contributed by atoms with Crippen molar-refractivity contribution >= 4 is 19.7 Å². The van der Waals surface area contributed by atoms with E-state index in [1.54, 1.807) is 19.1 Å². The molecule has 2 aromatic rings. The second-order valence-corrected chi connectivity index (χ2v) is 7.20. The molecule has 0 bridgehead atoms. The van der Waals surface area contributed by atoms with E-state index >= 15 is 0 Å². The van der Waals surface area contributed by atoms with E-state index in [0.717, 1.165) is 16.7 Å². The van der Waals surface area contributed by atoms with Crippen molar-refractivity contribution in [2.45, 2.75) is 25.3 Å².